The molecule has 1 nitrogen and oxygen atoms in total. The van der Waals surface area contributed by atoms with Gasteiger partial charge >= 0.3 is 0 Å². The molecule has 0 spiro atoms. The predicted octanol–water partition coefficient (Wildman–Crippen LogP) is 3.83. The fourth-order valence-corrected chi connectivity index (χ4v) is 2.12. The molecule has 3 heteroatoms. The van der Waals surface area contributed by atoms with Gasteiger partial charge in [0, 0.05) is 10.1 Å². The Morgan fingerprint density at radius 1 is 1.27 bits per heavy atom. The van der Waals surface area contributed by atoms with E-state index in [0.29, 0.717) is 16.7 Å². The molecule has 0 N–H and O–H groups in total. The highest BCUT2D eigenvalue weighted by atomic mass is 32.2. The molecule has 0 aliphatic rings. The van der Waals surface area contributed by atoms with E-state index in [2.05, 4.69) is 20.8 Å². The molecule has 0 bridgehead atoms. The number of halogens is 1. The molecule has 0 aliphatic heterocycles. The fourth-order valence-electron chi connectivity index (χ4n) is 1.05. The van der Waals surface area contributed by atoms with Crippen molar-refractivity contribution in [3.63, 3.8) is 0 Å². The molecule has 0 radical (unpaired) electrons. The Balaban J connectivity index is 2.87. The third-order valence-electron chi connectivity index (χ3n) is 2.26. The van der Waals surface area contributed by atoms with Crippen LogP contribution in [-0.2, 0) is 0 Å². The molecule has 1 unspecified atom stereocenters. The molecule has 0 fully saturated rings. The van der Waals surface area contributed by atoms with Gasteiger partial charge < -0.3 is 0 Å². The van der Waals surface area contributed by atoms with Gasteiger partial charge in [-0.3, -0.25) is 0 Å². The molecule has 0 aromatic heterocycles. The smallest absolute Gasteiger partial charge is 0.125 e. The average molecular weight is 223 g/mol. The van der Waals surface area contributed by atoms with Crippen molar-refractivity contribution in [3.8, 4) is 6.07 Å². The number of nitrogens with zero attached hydrogens (tertiary/aromatic N) is 1. The van der Waals surface area contributed by atoms with Crippen LogP contribution in [0.1, 0.15) is 26.3 Å². The van der Waals surface area contributed by atoms with Gasteiger partial charge in [0.05, 0.1) is 11.6 Å². The summed E-state index contributed by atoms with van der Waals surface area (Å²) in [6.07, 6.45) is 0. The molecule has 0 saturated carbocycles. The number of benzene rings is 1. The van der Waals surface area contributed by atoms with Gasteiger partial charge in [-0.15, -0.1) is 11.8 Å². The van der Waals surface area contributed by atoms with Crippen molar-refractivity contribution < 1.29 is 4.39 Å². The van der Waals surface area contributed by atoms with Gasteiger partial charge in [-0.2, -0.15) is 5.26 Å². The van der Waals surface area contributed by atoms with E-state index >= 15 is 0 Å². The minimum absolute atomic E-state index is 0.340. The molecule has 0 heterocycles. The second-order valence-corrected chi connectivity index (χ2v) is 5.31. The Hall–Kier alpha value is -1.01. The molecular weight excluding hydrogens is 209 g/mol. The van der Waals surface area contributed by atoms with E-state index in [1.54, 1.807) is 17.8 Å². The molecule has 0 aliphatic carbocycles. The summed E-state index contributed by atoms with van der Waals surface area (Å²) in [5.74, 6) is 0.191. The number of hydrogen-bond donors (Lipinski definition) is 0. The van der Waals surface area contributed by atoms with Crippen molar-refractivity contribution in [2.24, 2.45) is 5.92 Å². The first-order valence-corrected chi connectivity index (χ1v) is 5.78. The van der Waals surface area contributed by atoms with Crippen molar-refractivity contribution in [3.05, 3.63) is 29.6 Å². The largest absolute Gasteiger partial charge is 0.207 e. The van der Waals surface area contributed by atoms with E-state index in [1.807, 2.05) is 6.07 Å². The van der Waals surface area contributed by atoms with Gasteiger partial charge in [0.25, 0.3) is 0 Å². The van der Waals surface area contributed by atoms with Crippen LogP contribution in [-0.4, -0.2) is 5.25 Å². The number of rotatable bonds is 3. The monoisotopic (exact) mass is 223 g/mol. The van der Waals surface area contributed by atoms with Crippen LogP contribution in [0.5, 0.6) is 0 Å². The Bertz CT molecular complexity index is 382. The van der Waals surface area contributed by atoms with Gasteiger partial charge in [0.2, 0.25) is 0 Å². The highest BCUT2D eigenvalue weighted by Crippen LogP contribution is 2.28. The first-order chi connectivity index (χ1) is 7.02. The van der Waals surface area contributed by atoms with Crippen molar-refractivity contribution in [2.75, 3.05) is 0 Å². The molecule has 80 valence electrons. The zero-order valence-electron chi connectivity index (χ0n) is 9.12. The van der Waals surface area contributed by atoms with Crippen LogP contribution in [0, 0.1) is 23.1 Å². The first kappa shape index (κ1) is 12.1. The van der Waals surface area contributed by atoms with Crippen molar-refractivity contribution in [1.82, 2.24) is 0 Å². The second-order valence-electron chi connectivity index (χ2n) is 3.85. The summed E-state index contributed by atoms with van der Waals surface area (Å²) in [5, 5.41) is 9.12. The molecule has 1 aromatic carbocycles. The van der Waals surface area contributed by atoms with Gasteiger partial charge in [-0.25, -0.2) is 4.39 Å². The van der Waals surface area contributed by atoms with Crippen LogP contribution in [0.2, 0.25) is 0 Å². The number of hydrogen-bond acceptors (Lipinski definition) is 2. The lowest BCUT2D eigenvalue weighted by Crippen LogP contribution is -2.05. The lowest BCUT2D eigenvalue weighted by atomic mass is 10.2. The van der Waals surface area contributed by atoms with Crippen LogP contribution < -0.4 is 0 Å². The van der Waals surface area contributed by atoms with E-state index < -0.39 is 0 Å². The quantitative estimate of drug-likeness (QED) is 0.727. The van der Waals surface area contributed by atoms with Gasteiger partial charge in [-0.1, -0.05) is 20.8 Å². The predicted molar refractivity (Wildman–Crippen MR) is 61.3 cm³/mol. The lowest BCUT2D eigenvalue weighted by Gasteiger charge is -2.14. The maximum Gasteiger partial charge on any atom is 0.125 e. The number of nitriles is 1. The van der Waals surface area contributed by atoms with Gasteiger partial charge in [0.1, 0.15) is 5.82 Å². The van der Waals surface area contributed by atoms with E-state index in [-0.39, 0.29) is 5.82 Å². The van der Waals surface area contributed by atoms with Crippen LogP contribution in [0.25, 0.3) is 0 Å². The van der Waals surface area contributed by atoms with Crippen molar-refractivity contribution in [1.29, 1.82) is 5.26 Å². The Labute approximate surface area is 94.3 Å². The van der Waals surface area contributed by atoms with E-state index in [1.165, 1.54) is 12.1 Å². The lowest BCUT2D eigenvalue weighted by molar-refractivity contribution is 0.622. The molecular formula is C12H14FNS. The standard InChI is InChI=1S/C12H14FNS/c1-8(2)9(3)15-12-5-10(7-14)4-11(13)6-12/h4-6,8-9H,1-3H3. The summed E-state index contributed by atoms with van der Waals surface area (Å²) in [6, 6.07) is 6.42. The third kappa shape index (κ3) is 3.56. The second kappa shape index (κ2) is 5.18. The molecule has 15 heavy (non-hydrogen) atoms. The summed E-state index contributed by atoms with van der Waals surface area (Å²) in [5.41, 5.74) is 0.383. The molecule has 1 rings (SSSR count). The van der Waals surface area contributed by atoms with Crippen LogP contribution in [0.3, 0.4) is 0 Å². The maximum atomic E-state index is 13.1. The molecule has 0 amide bonds. The Morgan fingerprint density at radius 3 is 2.47 bits per heavy atom. The zero-order valence-corrected chi connectivity index (χ0v) is 9.94. The molecule has 1 aromatic rings. The molecule has 0 saturated heterocycles. The summed E-state index contributed by atoms with van der Waals surface area (Å²) >= 11 is 1.60. The van der Waals surface area contributed by atoms with Gasteiger partial charge in [-0.05, 0) is 24.1 Å². The highest BCUT2D eigenvalue weighted by molar-refractivity contribution is 8.00. The minimum atomic E-state index is -0.340. The third-order valence-corrected chi connectivity index (χ3v) is 3.69. The Kier molecular flexibility index (Phi) is 4.16. The minimum Gasteiger partial charge on any atom is -0.207 e. The van der Waals surface area contributed by atoms with E-state index in [9.17, 15) is 4.39 Å². The van der Waals surface area contributed by atoms with Crippen LogP contribution in [0.4, 0.5) is 4.39 Å². The summed E-state index contributed by atoms with van der Waals surface area (Å²) in [7, 11) is 0. The maximum absolute atomic E-state index is 13.1. The fraction of sp³-hybridized carbons (Fsp3) is 0.417. The average Bonchev–Trinajstić information content (AvgIpc) is 2.16. The molecule has 1 atom stereocenters. The zero-order chi connectivity index (χ0) is 11.4. The SMILES string of the molecule is CC(C)C(C)Sc1cc(F)cc(C#N)c1. The Morgan fingerprint density at radius 2 is 1.93 bits per heavy atom. The van der Waals surface area contributed by atoms with Crippen LogP contribution >= 0.6 is 11.8 Å². The highest BCUT2D eigenvalue weighted by Gasteiger charge is 2.10. The van der Waals surface area contributed by atoms with E-state index in [0.717, 1.165) is 4.90 Å². The van der Waals surface area contributed by atoms with Crippen LogP contribution in [0.15, 0.2) is 23.1 Å². The van der Waals surface area contributed by atoms with E-state index in [4.69, 9.17) is 5.26 Å². The van der Waals surface area contributed by atoms with Crippen molar-refractivity contribution in [2.45, 2.75) is 30.9 Å². The first-order valence-electron chi connectivity index (χ1n) is 4.90. The normalized spacial score (nSPS) is 12.5. The van der Waals surface area contributed by atoms with Crippen molar-refractivity contribution >= 4 is 11.8 Å². The topological polar surface area (TPSA) is 23.8 Å². The summed E-state index contributed by atoms with van der Waals surface area (Å²) in [4.78, 5) is 0.827. The van der Waals surface area contributed by atoms with Gasteiger partial charge in [0.15, 0.2) is 0 Å². The summed E-state index contributed by atoms with van der Waals surface area (Å²) in [6.45, 7) is 6.36. The summed E-state index contributed by atoms with van der Waals surface area (Å²) < 4.78 is 13.1. The number of thioether (sulfide) groups is 1.